The number of likely N-dealkylation sites (N-methyl/N-ethyl adjacent to an activating group) is 1. The Morgan fingerprint density at radius 2 is 1.80 bits per heavy atom. The summed E-state index contributed by atoms with van der Waals surface area (Å²) in [5.74, 6) is -3.80. The Kier molecular flexibility index (Phi) is 4.13. The highest BCUT2D eigenvalue weighted by Gasteiger charge is 2.18. The van der Waals surface area contributed by atoms with Gasteiger partial charge in [-0.25, -0.2) is 13.2 Å². The van der Waals surface area contributed by atoms with Crippen molar-refractivity contribution >= 4 is 0 Å². The third-order valence-electron chi connectivity index (χ3n) is 3.27. The molecule has 0 radical (unpaired) electrons. The second-order valence-electron chi connectivity index (χ2n) is 4.74. The predicted octanol–water partition coefficient (Wildman–Crippen LogP) is 2.65. The minimum atomic E-state index is -1.44. The first-order valence-corrected chi connectivity index (χ1v) is 6.23. The highest BCUT2D eigenvalue weighted by Crippen LogP contribution is 2.22. The first-order chi connectivity index (χ1) is 9.42. The molecule has 2 rings (SSSR count). The van der Waals surface area contributed by atoms with Crippen LogP contribution in [-0.2, 0) is 13.5 Å². The number of halogens is 3. The van der Waals surface area contributed by atoms with Gasteiger partial charge in [0.05, 0.1) is 5.69 Å². The smallest absolute Gasteiger partial charge is 0.194 e. The first kappa shape index (κ1) is 14.6. The van der Waals surface area contributed by atoms with Crippen LogP contribution in [0, 0.1) is 24.4 Å². The Balaban J connectivity index is 2.31. The SMILES string of the molecule is CNC(Cc1cc(C)nn1C)c1cc(F)c(F)c(F)c1. The number of hydrogen-bond donors (Lipinski definition) is 1. The molecule has 3 nitrogen and oxygen atoms in total. The Morgan fingerprint density at radius 3 is 2.25 bits per heavy atom. The summed E-state index contributed by atoms with van der Waals surface area (Å²) in [5.41, 5.74) is 2.16. The van der Waals surface area contributed by atoms with Crippen molar-refractivity contribution in [3.63, 3.8) is 0 Å². The molecule has 108 valence electrons. The van der Waals surface area contributed by atoms with E-state index in [2.05, 4.69) is 10.4 Å². The number of benzene rings is 1. The van der Waals surface area contributed by atoms with Crippen LogP contribution in [0.3, 0.4) is 0 Å². The molecule has 1 unspecified atom stereocenters. The fraction of sp³-hybridized carbons (Fsp3) is 0.357. The van der Waals surface area contributed by atoms with Gasteiger partial charge in [-0.3, -0.25) is 4.68 Å². The molecule has 0 amide bonds. The van der Waals surface area contributed by atoms with Gasteiger partial charge in [-0.15, -0.1) is 0 Å². The van der Waals surface area contributed by atoms with Crippen LogP contribution >= 0.6 is 0 Å². The maximum atomic E-state index is 13.3. The summed E-state index contributed by atoms with van der Waals surface area (Å²) in [5, 5.41) is 7.20. The lowest BCUT2D eigenvalue weighted by Gasteiger charge is -2.17. The average molecular weight is 283 g/mol. The van der Waals surface area contributed by atoms with Crippen molar-refractivity contribution in [2.24, 2.45) is 7.05 Å². The zero-order valence-corrected chi connectivity index (χ0v) is 11.5. The fourth-order valence-electron chi connectivity index (χ4n) is 2.23. The number of nitrogens with zero attached hydrogens (tertiary/aromatic N) is 2. The normalized spacial score (nSPS) is 12.7. The lowest BCUT2D eigenvalue weighted by Crippen LogP contribution is -2.20. The van der Waals surface area contributed by atoms with Crippen molar-refractivity contribution in [2.75, 3.05) is 7.05 Å². The van der Waals surface area contributed by atoms with E-state index in [0.29, 0.717) is 12.0 Å². The maximum Gasteiger partial charge on any atom is 0.194 e. The molecule has 0 bridgehead atoms. The minimum absolute atomic E-state index is 0.325. The number of aryl methyl sites for hydroxylation is 2. The largest absolute Gasteiger partial charge is 0.313 e. The van der Waals surface area contributed by atoms with E-state index in [1.165, 1.54) is 0 Å². The zero-order chi connectivity index (χ0) is 14.9. The molecule has 0 aliphatic heterocycles. The van der Waals surface area contributed by atoms with Crippen LogP contribution in [0.15, 0.2) is 18.2 Å². The average Bonchev–Trinajstić information content (AvgIpc) is 2.70. The molecule has 1 heterocycles. The molecule has 0 aliphatic rings. The minimum Gasteiger partial charge on any atom is -0.313 e. The summed E-state index contributed by atoms with van der Waals surface area (Å²) >= 11 is 0. The summed E-state index contributed by atoms with van der Waals surface area (Å²) in [6, 6.07) is 3.61. The van der Waals surface area contributed by atoms with E-state index in [-0.39, 0.29) is 6.04 Å². The summed E-state index contributed by atoms with van der Waals surface area (Å²) in [6.07, 6.45) is 0.498. The molecule has 0 spiro atoms. The van der Waals surface area contributed by atoms with Gasteiger partial charge in [0.25, 0.3) is 0 Å². The molecule has 1 aromatic carbocycles. The van der Waals surface area contributed by atoms with Gasteiger partial charge in [0.2, 0.25) is 0 Å². The van der Waals surface area contributed by atoms with Gasteiger partial charge in [-0.05, 0) is 37.7 Å². The van der Waals surface area contributed by atoms with Gasteiger partial charge in [0, 0.05) is 25.2 Å². The summed E-state index contributed by atoms with van der Waals surface area (Å²) in [7, 11) is 3.49. The van der Waals surface area contributed by atoms with Crippen molar-refractivity contribution in [3.05, 3.63) is 52.6 Å². The van der Waals surface area contributed by atoms with E-state index in [1.807, 2.05) is 13.0 Å². The molecule has 2 aromatic rings. The first-order valence-electron chi connectivity index (χ1n) is 6.23. The number of aromatic nitrogens is 2. The second kappa shape index (κ2) is 5.66. The molecule has 1 atom stereocenters. The number of rotatable bonds is 4. The van der Waals surface area contributed by atoms with Crippen LogP contribution in [0.4, 0.5) is 13.2 Å². The van der Waals surface area contributed by atoms with Crippen molar-refractivity contribution in [2.45, 2.75) is 19.4 Å². The highest BCUT2D eigenvalue weighted by atomic mass is 19.2. The lowest BCUT2D eigenvalue weighted by atomic mass is 10.0. The van der Waals surface area contributed by atoms with E-state index in [4.69, 9.17) is 0 Å². The summed E-state index contributed by atoms with van der Waals surface area (Å²) in [4.78, 5) is 0. The summed E-state index contributed by atoms with van der Waals surface area (Å²) in [6.45, 7) is 1.87. The van der Waals surface area contributed by atoms with Crippen LogP contribution in [0.25, 0.3) is 0 Å². The molecule has 0 fully saturated rings. The predicted molar refractivity (Wildman–Crippen MR) is 69.8 cm³/mol. The highest BCUT2D eigenvalue weighted by molar-refractivity contribution is 5.24. The molecule has 1 N–H and O–H groups in total. The Labute approximate surface area is 115 Å². The third-order valence-corrected chi connectivity index (χ3v) is 3.27. The molecule has 20 heavy (non-hydrogen) atoms. The van der Waals surface area contributed by atoms with Crippen molar-refractivity contribution < 1.29 is 13.2 Å². The molecular formula is C14H16F3N3. The molecule has 0 saturated heterocycles. The van der Waals surface area contributed by atoms with Gasteiger partial charge in [0.1, 0.15) is 0 Å². The van der Waals surface area contributed by atoms with Crippen LogP contribution in [0.2, 0.25) is 0 Å². The van der Waals surface area contributed by atoms with Gasteiger partial charge < -0.3 is 5.32 Å². The van der Waals surface area contributed by atoms with Crippen LogP contribution in [0.5, 0.6) is 0 Å². The summed E-state index contributed by atoms with van der Waals surface area (Å²) < 4.78 is 41.3. The van der Waals surface area contributed by atoms with Gasteiger partial charge >= 0.3 is 0 Å². The molecule has 1 aromatic heterocycles. The van der Waals surface area contributed by atoms with E-state index >= 15 is 0 Å². The maximum absolute atomic E-state index is 13.3. The zero-order valence-electron chi connectivity index (χ0n) is 11.5. The van der Waals surface area contributed by atoms with E-state index in [9.17, 15) is 13.2 Å². The van der Waals surface area contributed by atoms with Gasteiger partial charge in [-0.2, -0.15) is 5.10 Å². The topological polar surface area (TPSA) is 29.9 Å². The molecular weight excluding hydrogens is 267 g/mol. The quantitative estimate of drug-likeness (QED) is 0.874. The van der Waals surface area contributed by atoms with Crippen LogP contribution < -0.4 is 5.32 Å². The number of nitrogens with one attached hydrogen (secondary N) is 1. The Bertz CT molecular complexity index is 599. The van der Waals surface area contributed by atoms with Gasteiger partial charge in [0.15, 0.2) is 17.5 Å². The Morgan fingerprint density at radius 1 is 1.20 bits per heavy atom. The van der Waals surface area contributed by atoms with Crippen LogP contribution in [-0.4, -0.2) is 16.8 Å². The lowest BCUT2D eigenvalue weighted by molar-refractivity contribution is 0.440. The number of hydrogen-bond acceptors (Lipinski definition) is 2. The van der Waals surface area contributed by atoms with E-state index < -0.39 is 17.5 Å². The fourth-order valence-corrected chi connectivity index (χ4v) is 2.23. The van der Waals surface area contributed by atoms with Gasteiger partial charge in [-0.1, -0.05) is 0 Å². The van der Waals surface area contributed by atoms with E-state index in [1.54, 1.807) is 18.8 Å². The second-order valence-corrected chi connectivity index (χ2v) is 4.74. The molecule has 0 saturated carbocycles. The van der Waals surface area contributed by atoms with Crippen molar-refractivity contribution in [1.29, 1.82) is 0 Å². The van der Waals surface area contributed by atoms with Crippen molar-refractivity contribution in [3.8, 4) is 0 Å². The molecule has 6 heteroatoms. The van der Waals surface area contributed by atoms with E-state index in [0.717, 1.165) is 23.5 Å². The standard InChI is InChI=1S/C14H16F3N3/c1-8-4-10(20(3)19-8)7-13(18-2)9-5-11(15)14(17)12(16)6-9/h4-6,13,18H,7H2,1-3H3. The third kappa shape index (κ3) is 2.85. The molecule has 0 aliphatic carbocycles. The Hall–Kier alpha value is -1.82. The van der Waals surface area contributed by atoms with Crippen molar-refractivity contribution in [1.82, 2.24) is 15.1 Å². The monoisotopic (exact) mass is 283 g/mol. The van der Waals surface area contributed by atoms with Crippen LogP contribution in [0.1, 0.15) is 23.0 Å².